The van der Waals surface area contributed by atoms with E-state index in [1.807, 2.05) is 0 Å². The summed E-state index contributed by atoms with van der Waals surface area (Å²) in [6.07, 6.45) is 10.8. The van der Waals surface area contributed by atoms with Crippen LogP contribution in [0.4, 0.5) is 0 Å². The summed E-state index contributed by atoms with van der Waals surface area (Å²) in [5, 5.41) is 0.342. The summed E-state index contributed by atoms with van der Waals surface area (Å²) in [7, 11) is -2.00. The molecule has 0 N–H and O–H groups in total. The molecule has 150 valence electrons. The molecule has 0 bridgehead atoms. The molecule has 0 aromatic rings. The first-order valence-corrected chi connectivity index (χ1v) is 12.6. The Kier molecular flexibility index (Phi) is 19.0. The van der Waals surface area contributed by atoms with Crippen LogP contribution in [0.1, 0.15) is 91.9 Å². The quantitative estimate of drug-likeness (QED) is 0.232. The van der Waals surface area contributed by atoms with E-state index >= 15 is 0 Å². The molecule has 0 heterocycles. The molecule has 0 saturated heterocycles. The second-order valence-corrected chi connectivity index (χ2v) is 9.17. The number of carbonyl (C=O) groups is 1. The van der Waals surface area contributed by atoms with Gasteiger partial charge in [-0.25, -0.2) is 0 Å². The highest BCUT2D eigenvalue weighted by molar-refractivity contribution is 8.13. The molecule has 0 aromatic carbocycles. The third-order valence-corrected chi connectivity index (χ3v) is 6.48. The smallest absolute Gasteiger partial charge is 0.376 e. The van der Waals surface area contributed by atoms with Crippen LogP contribution in [0.3, 0.4) is 0 Å². The lowest BCUT2D eigenvalue weighted by molar-refractivity contribution is -0.111. The lowest BCUT2D eigenvalue weighted by Crippen LogP contribution is -2.32. The Hall–Kier alpha value is 0.117. The highest BCUT2D eigenvalue weighted by Gasteiger charge is 2.18. The van der Waals surface area contributed by atoms with Crippen molar-refractivity contribution < 1.29 is 18.1 Å². The van der Waals surface area contributed by atoms with Crippen molar-refractivity contribution in [3.63, 3.8) is 0 Å². The van der Waals surface area contributed by atoms with Gasteiger partial charge in [0, 0.05) is 31.5 Å². The van der Waals surface area contributed by atoms with Crippen LogP contribution >= 0.6 is 11.8 Å². The van der Waals surface area contributed by atoms with Crippen molar-refractivity contribution >= 4 is 26.4 Å². The number of hydrogen-bond donors (Lipinski definition) is 0. The van der Waals surface area contributed by atoms with E-state index in [1.165, 1.54) is 37.4 Å². The maximum Gasteiger partial charge on any atom is 0.484 e. The second kappa shape index (κ2) is 18.9. The fraction of sp³-hybridized carbons (Fsp3) is 0.947. The van der Waals surface area contributed by atoms with Crippen LogP contribution in [0, 0.1) is 0 Å². The molecular formula is C19H40O4SSi. The average molecular weight is 393 g/mol. The van der Waals surface area contributed by atoms with Crippen molar-refractivity contribution in [3.05, 3.63) is 0 Å². The zero-order valence-corrected chi connectivity index (χ0v) is 18.9. The molecule has 0 aliphatic heterocycles. The Morgan fingerprint density at radius 2 is 1.56 bits per heavy atom. The standard InChI is InChI=1S/C19H40O4SSi/c1-5-8-9-10-11-14-19(20)24-17-12-13-18(4)23-25(21-15-6-2)22-16-7-3/h18,25H,5-17H2,1-4H3. The van der Waals surface area contributed by atoms with E-state index in [2.05, 4.69) is 27.7 Å². The van der Waals surface area contributed by atoms with E-state index in [9.17, 15) is 4.79 Å². The van der Waals surface area contributed by atoms with Crippen LogP contribution in [0.5, 0.6) is 0 Å². The molecule has 0 rings (SSSR count). The molecule has 25 heavy (non-hydrogen) atoms. The van der Waals surface area contributed by atoms with Gasteiger partial charge < -0.3 is 13.3 Å². The normalized spacial score (nSPS) is 12.7. The van der Waals surface area contributed by atoms with Gasteiger partial charge in [-0.15, -0.1) is 0 Å². The fourth-order valence-electron chi connectivity index (χ4n) is 2.31. The summed E-state index contributed by atoms with van der Waals surface area (Å²) in [5.74, 6) is 0.888. The zero-order chi connectivity index (χ0) is 18.8. The minimum absolute atomic E-state index is 0.134. The largest absolute Gasteiger partial charge is 0.484 e. The van der Waals surface area contributed by atoms with Gasteiger partial charge in [-0.1, -0.05) is 58.2 Å². The van der Waals surface area contributed by atoms with Gasteiger partial charge in [-0.2, -0.15) is 0 Å². The van der Waals surface area contributed by atoms with Gasteiger partial charge in [0.25, 0.3) is 0 Å². The first-order valence-electron chi connectivity index (χ1n) is 10.2. The van der Waals surface area contributed by atoms with Gasteiger partial charge in [0.15, 0.2) is 5.12 Å². The number of rotatable bonds is 18. The fourth-order valence-corrected chi connectivity index (χ4v) is 4.77. The van der Waals surface area contributed by atoms with Crippen molar-refractivity contribution in [2.24, 2.45) is 0 Å². The first kappa shape index (κ1) is 25.1. The third kappa shape index (κ3) is 17.3. The first-order chi connectivity index (χ1) is 12.1. The predicted octanol–water partition coefficient (Wildman–Crippen LogP) is 5.36. The van der Waals surface area contributed by atoms with Crippen molar-refractivity contribution in [2.75, 3.05) is 19.0 Å². The Bertz CT molecular complexity index is 297. The molecule has 4 nitrogen and oxygen atoms in total. The summed E-state index contributed by atoms with van der Waals surface area (Å²) in [6.45, 7) is 9.87. The van der Waals surface area contributed by atoms with E-state index < -0.39 is 9.53 Å². The van der Waals surface area contributed by atoms with Gasteiger partial charge in [0.1, 0.15) is 0 Å². The molecular weight excluding hydrogens is 352 g/mol. The van der Waals surface area contributed by atoms with E-state index in [-0.39, 0.29) is 6.10 Å². The molecule has 0 aliphatic rings. The van der Waals surface area contributed by atoms with Crippen molar-refractivity contribution in [3.8, 4) is 0 Å². The summed E-state index contributed by atoms with van der Waals surface area (Å²) in [4.78, 5) is 11.8. The van der Waals surface area contributed by atoms with Crippen LogP contribution in [-0.2, 0) is 18.1 Å². The van der Waals surface area contributed by atoms with Crippen LogP contribution in [0.25, 0.3) is 0 Å². The van der Waals surface area contributed by atoms with Gasteiger partial charge in [-0.3, -0.25) is 4.79 Å². The third-order valence-electron chi connectivity index (χ3n) is 3.76. The monoisotopic (exact) mass is 392 g/mol. The van der Waals surface area contributed by atoms with Crippen LogP contribution in [-0.4, -0.2) is 39.7 Å². The Morgan fingerprint density at radius 3 is 2.16 bits per heavy atom. The van der Waals surface area contributed by atoms with E-state index in [1.54, 1.807) is 0 Å². The van der Waals surface area contributed by atoms with Crippen LogP contribution < -0.4 is 0 Å². The topological polar surface area (TPSA) is 44.8 Å². The number of carbonyl (C=O) groups excluding carboxylic acids is 1. The molecule has 1 atom stereocenters. The lowest BCUT2D eigenvalue weighted by atomic mass is 10.1. The number of hydrogen-bond acceptors (Lipinski definition) is 5. The van der Waals surface area contributed by atoms with Crippen LogP contribution in [0.15, 0.2) is 0 Å². The predicted molar refractivity (Wildman–Crippen MR) is 110 cm³/mol. The average Bonchev–Trinajstić information content (AvgIpc) is 2.60. The molecule has 0 aromatic heterocycles. The second-order valence-electron chi connectivity index (χ2n) is 6.50. The zero-order valence-electron chi connectivity index (χ0n) is 16.9. The minimum Gasteiger partial charge on any atom is -0.376 e. The lowest BCUT2D eigenvalue weighted by Gasteiger charge is -2.20. The molecule has 0 spiro atoms. The molecule has 0 aliphatic carbocycles. The Morgan fingerprint density at radius 1 is 0.920 bits per heavy atom. The summed E-state index contributed by atoms with van der Waals surface area (Å²) >= 11 is 1.48. The summed E-state index contributed by atoms with van der Waals surface area (Å²) < 4.78 is 17.4. The molecule has 1 unspecified atom stereocenters. The maximum atomic E-state index is 11.8. The SMILES string of the molecule is CCCCCCCC(=O)SCCCC(C)O[SiH](OCCC)OCCC. The van der Waals surface area contributed by atoms with Crippen molar-refractivity contribution in [2.45, 2.75) is 98.0 Å². The molecule has 0 fully saturated rings. The van der Waals surface area contributed by atoms with Crippen LogP contribution in [0.2, 0.25) is 0 Å². The van der Waals surface area contributed by atoms with Gasteiger partial charge in [-0.05, 0) is 39.0 Å². The highest BCUT2D eigenvalue weighted by Crippen LogP contribution is 2.15. The minimum atomic E-state index is -2.00. The maximum absolute atomic E-state index is 11.8. The van der Waals surface area contributed by atoms with Crippen molar-refractivity contribution in [1.82, 2.24) is 0 Å². The van der Waals surface area contributed by atoms with Gasteiger partial charge in [0.2, 0.25) is 0 Å². The molecule has 0 saturated carbocycles. The number of unbranched alkanes of at least 4 members (excludes halogenated alkanes) is 4. The summed E-state index contributed by atoms with van der Waals surface area (Å²) in [6, 6.07) is 0. The Balaban J connectivity index is 3.71. The number of thioether (sulfide) groups is 1. The molecule has 0 amide bonds. The van der Waals surface area contributed by atoms with E-state index in [4.69, 9.17) is 13.3 Å². The van der Waals surface area contributed by atoms with E-state index in [0.29, 0.717) is 18.3 Å². The molecule has 0 radical (unpaired) electrons. The molecule has 6 heteroatoms. The van der Waals surface area contributed by atoms with E-state index in [0.717, 1.165) is 44.3 Å². The van der Waals surface area contributed by atoms with Crippen molar-refractivity contribution in [1.29, 1.82) is 0 Å². The summed E-state index contributed by atoms with van der Waals surface area (Å²) in [5.41, 5.74) is 0. The van der Waals surface area contributed by atoms with Gasteiger partial charge in [0.05, 0.1) is 0 Å². The Labute approximate surface area is 161 Å². The van der Waals surface area contributed by atoms with Gasteiger partial charge >= 0.3 is 9.53 Å². The highest BCUT2D eigenvalue weighted by atomic mass is 32.2.